The molecule has 0 heterocycles. The molecule has 0 bridgehead atoms. The third kappa shape index (κ3) is 1.99. The summed E-state index contributed by atoms with van der Waals surface area (Å²) in [5, 5.41) is 2.68. The summed E-state index contributed by atoms with van der Waals surface area (Å²) in [6, 6.07) is 24.2. The number of hydrogen-bond acceptors (Lipinski definition) is 0. The molecular weight excluding hydrogens is 331 g/mol. The Labute approximate surface area is 140 Å². The molecule has 0 aliphatic heterocycles. The van der Waals surface area contributed by atoms with Gasteiger partial charge in [-0.15, -0.1) is 0 Å². The Morgan fingerprint density at radius 1 is 0.762 bits per heavy atom. The van der Waals surface area contributed by atoms with E-state index in [9.17, 15) is 0 Å². The number of hydrogen-bond donors (Lipinski definition) is 0. The molecule has 1 heteroatoms. The van der Waals surface area contributed by atoms with Crippen molar-refractivity contribution in [3.63, 3.8) is 0 Å². The molecule has 3 aromatic rings. The van der Waals surface area contributed by atoms with Crippen LogP contribution in [0.4, 0.5) is 0 Å². The average Bonchev–Trinajstić information content (AvgIpc) is 2.79. The van der Waals surface area contributed by atoms with E-state index >= 15 is 0 Å². The predicted octanol–water partition coefficient (Wildman–Crippen LogP) is 5.26. The van der Waals surface area contributed by atoms with E-state index in [1.807, 2.05) is 0 Å². The van der Waals surface area contributed by atoms with Gasteiger partial charge in [0.05, 0.1) is 0 Å². The Kier molecular flexibility index (Phi) is 3.19. The van der Waals surface area contributed by atoms with Gasteiger partial charge in [-0.3, -0.25) is 0 Å². The van der Waals surface area contributed by atoms with E-state index in [0.717, 1.165) is 0 Å². The molecular formula is C20H15Zr. The second-order valence-corrected chi connectivity index (χ2v) is 7.02. The summed E-state index contributed by atoms with van der Waals surface area (Å²) < 4.78 is 0.599. The van der Waals surface area contributed by atoms with Crippen molar-refractivity contribution in [1.82, 2.24) is 0 Å². The van der Waals surface area contributed by atoms with E-state index in [1.54, 1.807) is 24.7 Å². The van der Waals surface area contributed by atoms with Crippen molar-refractivity contribution >= 4 is 16.3 Å². The number of fused-ring (bicyclic) bond motifs is 2. The summed E-state index contributed by atoms with van der Waals surface area (Å²) in [6.07, 6.45) is 0. The first-order chi connectivity index (χ1) is 10.3. The van der Waals surface area contributed by atoms with Crippen LogP contribution >= 0.6 is 0 Å². The fraction of sp³-hybridized carbons (Fsp3) is 0.100. The van der Waals surface area contributed by atoms with E-state index in [1.165, 1.54) is 38.6 Å². The molecule has 0 N–H and O–H groups in total. The van der Waals surface area contributed by atoms with Gasteiger partial charge in [-0.05, 0) is 0 Å². The maximum absolute atomic E-state index is 2.30. The van der Waals surface area contributed by atoms with E-state index < -0.39 is 0 Å². The Balaban J connectivity index is 2.05. The minimum atomic E-state index is 0.599. The van der Waals surface area contributed by atoms with Gasteiger partial charge in [0.15, 0.2) is 0 Å². The van der Waals surface area contributed by atoms with Crippen molar-refractivity contribution in [3.8, 4) is 0 Å². The Hall–Kier alpha value is -1.46. The van der Waals surface area contributed by atoms with Crippen LogP contribution < -0.4 is 0 Å². The predicted molar refractivity (Wildman–Crippen MR) is 84.8 cm³/mol. The second-order valence-electron chi connectivity index (χ2n) is 5.60. The fourth-order valence-electron chi connectivity index (χ4n) is 3.37. The first-order valence-corrected chi connectivity index (χ1v) is 8.68. The normalized spacial score (nSPS) is 17.2. The van der Waals surface area contributed by atoms with Crippen molar-refractivity contribution < 1.29 is 24.7 Å². The van der Waals surface area contributed by atoms with Crippen LogP contribution in [-0.4, -0.2) is 0 Å². The van der Waals surface area contributed by atoms with Gasteiger partial charge in [-0.25, -0.2) is 0 Å². The summed E-state index contributed by atoms with van der Waals surface area (Å²) >= 11 is 1.58. The van der Waals surface area contributed by atoms with Crippen molar-refractivity contribution in [2.75, 3.05) is 0 Å². The summed E-state index contributed by atoms with van der Waals surface area (Å²) in [5.41, 5.74) is 7.27. The van der Waals surface area contributed by atoms with Gasteiger partial charge in [0, 0.05) is 0 Å². The van der Waals surface area contributed by atoms with Gasteiger partial charge in [-0.2, -0.15) is 0 Å². The zero-order chi connectivity index (χ0) is 14.4. The standard InChI is InChI=1S/C20H15.Zr/c1-14-13-16-8-3-5-11-18(16)20(14)19-12-6-9-15-7-2-4-10-17(15)19;/h2-13H,1H3;. The topological polar surface area (TPSA) is 0 Å². The van der Waals surface area contributed by atoms with E-state index in [-0.39, 0.29) is 0 Å². The van der Waals surface area contributed by atoms with Crippen molar-refractivity contribution in [2.45, 2.75) is 10.5 Å². The summed E-state index contributed by atoms with van der Waals surface area (Å²) in [5.74, 6) is 0. The molecule has 4 rings (SSSR count). The Morgan fingerprint density at radius 3 is 2.33 bits per heavy atom. The summed E-state index contributed by atoms with van der Waals surface area (Å²) in [7, 11) is 0. The van der Waals surface area contributed by atoms with E-state index in [2.05, 4.69) is 73.7 Å². The fourth-order valence-corrected chi connectivity index (χ4v) is 4.34. The van der Waals surface area contributed by atoms with Gasteiger partial charge in [-0.1, -0.05) is 0 Å². The van der Waals surface area contributed by atoms with E-state index in [4.69, 9.17) is 0 Å². The Morgan fingerprint density at radius 2 is 1.43 bits per heavy atom. The zero-order valence-electron chi connectivity index (χ0n) is 11.9. The molecule has 1 aliphatic rings. The number of rotatable bonds is 1. The molecule has 1 unspecified atom stereocenters. The number of benzene rings is 3. The van der Waals surface area contributed by atoms with Crippen LogP contribution in [-0.2, 0) is 24.7 Å². The molecule has 3 aromatic carbocycles. The van der Waals surface area contributed by atoms with Crippen molar-refractivity contribution in [1.29, 1.82) is 0 Å². The molecule has 0 radical (unpaired) electrons. The van der Waals surface area contributed by atoms with Crippen LogP contribution in [0.2, 0.25) is 0 Å². The van der Waals surface area contributed by atoms with Gasteiger partial charge in [0.2, 0.25) is 0 Å². The van der Waals surface area contributed by atoms with Crippen LogP contribution in [0, 0.1) is 0 Å². The maximum atomic E-state index is 2.30. The van der Waals surface area contributed by atoms with Crippen LogP contribution in [0.5, 0.6) is 0 Å². The van der Waals surface area contributed by atoms with Gasteiger partial charge in [0.1, 0.15) is 0 Å². The molecule has 0 saturated heterocycles. The molecule has 1 atom stereocenters. The quantitative estimate of drug-likeness (QED) is 0.563. The molecule has 0 aromatic heterocycles. The monoisotopic (exact) mass is 345 g/mol. The van der Waals surface area contributed by atoms with Crippen LogP contribution in [0.15, 0.2) is 72.3 Å². The minimum absolute atomic E-state index is 0.599. The third-order valence-electron chi connectivity index (χ3n) is 4.43. The van der Waals surface area contributed by atoms with Gasteiger partial charge >= 0.3 is 141 Å². The van der Waals surface area contributed by atoms with Gasteiger partial charge in [0.25, 0.3) is 0 Å². The van der Waals surface area contributed by atoms with Crippen LogP contribution in [0.1, 0.15) is 27.2 Å². The zero-order valence-corrected chi connectivity index (χ0v) is 14.4. The van der Waals surface area contributed by atoms with Gasteiger partial charge < -0.3 is 0 Å². The van der Waals surface area contributed by atoms with Crippen molar-refractivity contribution in [3.05, 3.63) is 89.0 Å². The molecule has 1 aliphatic carbocycles. The Bertz CT molecular complexity index is 868. The first-order valence-electron chi connectivity index (χ1n) is 7.26. The molecule has 0 nitrogen and oxygen atoms in total. The molecule has 0 spiro atoms. The van der Waals surface area contributed by atoms with Crippen LogP contribution in [0.3, 0.4) is 0 Å². The number of allylic oxidation sites excluding steroid dienone is 1. The summed E-state index contributed by atoms with van der Waals surface area (Å²) in [4.78, 5) is 0. The first kappa shape index (κ1) is 13.2. The van der Waals surface area contributed by atoms with Crippen LogP contribution in [0.25, 0.3) is 16.3 Å². The summed E-state index contributed by atoms with van der Waals surface area (Å²) in [6.45, 7) is 2.30. The second kappa shape index (κ2) is 5.07. The molecule has 0 saturated carbocycles. The van der Waals surface area contributed by atoms with Crippen molar-refractivity contribution in [2.24, 2.45) is 0 Å². The molecule has 99 valence electrons. The average molecular weight is 347 g/mol. The molecule has 0 amide bonds. The van der Waals surface area contributed by atoms with E-state index in [0.29, 0.717) is 3.63 Å². The third-order valence-corrected chi connectivity index (χ3v) is 6.26. The molecule has 0 fully saturated rings. The SMILES string of the molecule is CC1=C(c2cccc3ccccc23)c2ccccc2[CH]1[Zr]. The molecule has 21 heavy (non-hydrogen) atoms.